The molecule has 27 heavy (non-hydrogen) atoms. The topological polar surface area (TPSA) is 86.7 Å². The summed E-state index contributed by atoms with van der Waals surface area (Å²) in [4.78, 5) is -0.654. The molecule has 2 aromatic carbocycles. The standard InChI is InChI=1S/C20H26O5S.Na/c1-2-3-4-5-6-7-8-16-9-11-17(12-10-16)25-18-13-14-20(19(21)15-18)26(22,23)24;/h9-15,21H,2-8H2,1H3,(H,22,23,24);/q;+1/p-1. The van der Waals surface area contributed by atoms with Crippen molar-refractivity contribution in [2.45, 2.75) is 56.8 Å². The molecule has 0 radical (unpaired) electrons. The number of aryl methyl sites for hydroxylation is 1. The molecule has 5 nitrogen and oxygen atoms in total. The van der Waals surface area contributed by atoms with Crippen molar-refractivity contribution in [1.82, 2.24) is 0 Å². The second-order valence-corrected chi connectivity index (χ2v) is 7.74. The average molecular weight is 400 g/mol. The number of hydrogen-bond donors (Lipinski definition) is 1. The van der Waals surface area contributed by atoms with Crippen LogP contribution in [0.3, 0.4) is 0 Å². The fourth-order valence-corrected chi connectivity index (χ4v) is 3.29. The van der Waals surface area contributed by atoms with Crippen LogP contribution in [0.5, 0.6) is 17.2 Å². The molecule has 0 aromatic heterocycles. The molecule has 0 saturated carbocycles. The van der Waals surface area contributed by atoms with E-state index in [4.69, 9.17) is 9.29 Å². The largest absolute Gasteiger partial charge is 1.00 e. The summed E-state index contributed by atoms with van der Waals surface area (Å²) in [6.45, 7) is 2.21. The summed E-state index contributed by atoms with van der Waals surface area (Å²) in [6.07, 6.45) is 8.59. The molecule has 0 saturated heterocycles. The number of unbranched alkanes of at least 4 members (excludes halogenated alkanes) is 5. The van der Waals surface area contributed by atoms with E-state index in [0.29, 0.717) is 5.75 Å². The van der Waals surface area contributed by atoms with Crippen LogP contribution in [0.25, 0.3) is 0 Å². The van der Waals surface area contributed by atoms with Gasteiger partial charge in [-0.15, -0.1) is 0 Å². The van der Waals surface area contributed by atoms with Crippen molar-refractivity contribution < 1.29 is 52.4 Å². The molecule has 0 amide bonds. The second kappa shape index (κ2) is 11.7. The van der Waals surface area contributed by atoms with Gasteiger partial charge in [-0.1, -0.05) is 56.9 Å². The Balaban J connectivity index is 0.00000364. The molecule has 2 aromatic rings. The molecule has 0 fully saturated rings. The maximum absolute atomic E-state index is 11.7. The Kier molecular flexibility index (Phi) is 10.4. The van der Waals surface area contributed by atoms with Gasteiger partial charge in [-0.25, -0.2) is 0 Å². The molecule has 7 heteroatoms. The third kappa shape index (κ3) is 8.23. The van der Waals surface area contributed by atoms with Gasteiger partial charge >= 0.3 is 29.6 Å². The molecule has 0 aliphatic heterocycles. The average Bonchev–Trinajstić information content (AvgIpc) is 2.58. The molecular weight excluding hydrogens is 375 g/mol. The minimum atomic E-state index is -4.51. The van der Waals surface area contributed by atoms with Gasteiger partial charge in [-0.2, -0.15) is 8.42 Å². The molecule has 0 heterocycles. The molecule has 0 spiro atoms. The van der Waals surface area contributed by atoms with Crippen LogP contribution in [-0.4, -0.2) is 13.0 Å². The van der Waals surface area contributed by atoms with Gasteiger partial charge in [0, 0.05) is 0 Å². The van der Waals surface area contributed by atoms with E-state index in [-0.39, 0.29) is 35.3 Å². The first-order chi connectivity index (χ1) is 12.4. The number of rotatable bonds is 10. The molecule has 1 N–H and O–H groups in total. The van der Waals surface area contributed by atoms with E-state index in [1.165, 1.54) is 50.2 Å². The van der Waals surface area contributed by atoms with Gasteiger partial charge in [-0.05, 0) is 48.7 Å². The summed E-state index contributed by atoms with van der Waals surface area (Å²) in [5.74, 6) is -0.00790. The second-order valence-electron chi connectivity index (χ2n) is 6.35. The molecule has 142 valence electrons. The van der Waals surface area contributed by atoms with Crippen LogP contribution in [0, 0.1) is 0 Å². The van der Waals surface area contributed by atoms with Gasteiger partial charge in [0.25, 0.3) is 10.1 Å². The van der Waals surface area contributed by atoms with Crippen LogP contribution < -0.4 is 39.4 Å². The predicted molar refractivity (Wildman–Crippen MR) is 99.3 cm³/mol. The van der Waals surface area contributed by atoms with Crippen molar-refractivity contribution in [2.75, 3.05) is 0 Å². The summed E-state index contributed by atoms with van der Waals surface area (Å²) >= 11 is 0. The first-order valence-corrected chi connectivity index (χ1v) is 10.4. The van der Waals surface area contributed by atoms with Crippen molar-refractivity contribution in [3.8, 4) is 17.2 Å². The molecule has 0 bridgehead atoms. The molecule has 0 aliphatic rings. The molecule has 2 rings (SSSR count). The van der Waals surface area contributed by atoms with Crippen LogP contribution in [-0.2, 0) is 16.5 Å². The third-order valence-corrected chi connectivity index (χ3v) is 5.06. The molecular formula is C20H25NaO5S. The van der Waals surface area contributed by atoms with Crippen molar-refractivity contribution in [3.05, 3.63) is 48.0 Å². The van der Waals surface area contributed by atoms with Gasteiger partial charge in [0.2, 0.25) is 0 Å². The summed E-state index contributed by atoms with van der Waals surface area (Å²) < 4.78 is 36.6. The fraction of sp³-hybridized carbons (Fsp3) is 0.400. The monoisotopic (exact) mass is 400 g/mol. The smallest absolute Gasteiger partial charge is 0.871 e. The van der Waals surface area contributed by atoms with Crippen molar-refractivity contribution in [3.63, 3.8) is 0 Å². The van der Waals surface area contributed by atoms with Gasteiger partial charge in [0.05, 0.1) is 4.90 Å². The Morgan fingerprint density at radius 2 is 1.52 bits per heavy atom. The minimum absolute atomic E-state index is 0. The van der Waals surface area contributed by atoms with Crippen LogP contribution in [0.4, 0.5) is 0 Å². The zero-order valence-corrected chi connectivity index (χ0v) is 18.8. The number of hydrogen-bond acceptors (Lipinski definition) is 4. The normalized spacial score (nSPS) is 11.0. The first kappa shape index (κ1) is 24.0. The quantitative estimate of drug-likeness (QED) is 0.373. The van der Waals surface area contributed by atoms with Gasteiger partial charge in [-0.3, -0.25) is 4.55 Å². The summed E-state index contributed by atoms with van der Waals surface area (Å²) in [6, 6.07) is 11.1. The molecule has 0 aliphatic carbocycles. The zero-order valence-electron chi connectivity index (χ0n) is 16.0. The van der Waals surface area contributed by atoms with E-state index in [1.807, 2.05) is 24.3 Å². The van der Waals surface area contributed by atoms with E-state index in [9.17, 15) is 13.5 Å². The fourth-order valence-electron chi connectivity index (χ4n) is 2.73. The van der Waals surface area contributed by atoms with Crippen molar-refractivity contribution >= 4 is 10.1 Å². The van der Waals surface area contributed by atoms with E-state index < -0.39 is 20.8 Å². The van der Waals surface area contributed by atoms with Gasteiger partial charge in [0.15, 0.2) is 0 Å². The van der Waals surface area contributed by atoms with Crippen LogP contribution in [0.15, 0.2) is 47.4 Å². The first-order valence-electron chi connectivity index (χ1n) is 8.95. The summed E-state index contributed by atoms with van der Waals surface area (Å²) in [5, 5.41) is 11.7. The van der Waals surface area contributed by atoms with E-state index in [2.05, 4.69) is 6.92 Å². The Labute approximate surface area is 183 Å². The molecule has 0 atom stereocenters. The van der Waals surface area contributed by atoms with Gasteiger partial charge in [0.1, 0.15) is 11.5 Å². The Bertz CT molecular complexity index is 804. The summed E-state index contributed by atoms with van der Waals surface area (Å²) in [5.41, 5.74) is 1.24. The van der Waals surface area contributed by atoms with E-state index >= 15 is 0 Å². The predicted octanol–water partition coefficient (Wildman–Crippen LogP) is 1.71. The van der Waals surface area contributed by atoms with E-state index in [0.717, 1.165) is 18.6 Å². The van der Waals surface area contributed by atoms with Crippen LogP contribution in [0.1, 0.15) is 51.0 Å². The SMILES string of the molecule is CCCCCCCCc1ccc(Oc2ccc(S(=O)(=O)O)c([O-])c2)cc1.[Na+]. The maximum Gasteiger partial charge on any atom is 1.00 e. The van der Waals surface area contributed by atoms with Crippen LogP contribution in [0.2, 0.25) is 0 Å². The Hall–Kier alpha value is -1.05. The molecule has 0 unspecified atom stereocenters. The maximum atomic E-state index is 11.7. The number of benzene rings is 2. The van der Waals surface area contributed by atoms with E-state index in [1.54, 1.807) is 0 Å². The van der Waals surface area contributed by atoms with Gasteiger partial charge < -0.3 is 9.84 Å². The summed E-state index contributed by atoms with van der Waals surface area (Å²) in [7, 11) is -4.51. The number of ether oxygens (including phenoxy) is 1. The Morgan fingerprint density at radius 1 is 0.926 bits per heavy atom. The zero-order chi connectivity index (χ0) is 19.0. The minimum Gasteiger partial charge on any atom is -0.871 e. The Morgan fingerprint density at radius 3 is 2.11 bits per heavy atom. The van der Waals surface area contributed by atoms with Crippen molar-refractivity contribution in [1.29, 1.82) is 0 Å². The van der Waals surface area contributed by atoms with Crippen molar-refractivity contribution in [2.24, 2.45) is 0 Å². The third-order valence-electron chi connectivity index (χ3n) is 4.17. The van der Waals surface area contributed by atoms with Crippen LogP contribution >= 0.6 is 0 Å².